The van der Waals surface area contributed by atoms with Crippen molar-refractivity contribution in [1.82, 2.24) is 9.80 Å². The highest BCUT2D eigenvalue weighted by atomic mass is 16.5. The minimum atomic E-state index is -0.0630. The van der Waals surface area contributed by atoms with Crippen LogP contribution in [-0.2, 0) is 4.74 Å². The zero-order chi connectivity index (χ0) is 17.8. The lowest BCUT2D eigenvalue weighted by atomic mass is 10.1. The number of benzene rings is 1. The van der Waals surface area contributed by atoms with E-state index in [2.05, 4.69) is 4.90 Å². The summed E-state index contributed by atoms with van der Waals surface area (Å²) in [6.07, 6.45) is 1.73. The number of para-hydroxylation sites is 1. The number of carbonyl (C=O) groups is 1. The van der Waals surface area contributed by atoms with E-state index in [-0.39, 0.29) is 11.9 Å². The predicted octanol–water partition coefficient (Wildman–Crippen LogP) is 2.62. The molecule has 0 bridgehead atoms. The van der Waals surface area contributed by atoms with E-state index in [1.54, 1.807) is 7.11 Å². The SMILES string of the molecule is COc1cccc2cc(C(=O)N(CCN(C)C)C3CCOCC3)oc12. The number of hydrogen-bond acceptors (Lipinski definition) is 5. The molecule has 0 spiro atoms. The summed E-state index contributed by atoms with van der Waals surface area (Å²) >= 11 is 0. The molecule has 1 amide bonds. The van der Waals surface area contributed by atoms with Gasteiger partial charge in [-0.2, -0.15) is 0 Å². The molecule has 1 aliphatic rings. The van der Waals surface area contributed by atoms with Gasteiger partial charge >= 0.3 is 0 Å². The normalized spacial score (nSPS) is 15.7. The van der Waals surface area contributed by atoms with Crippen molar-refractivity contribution < 1.29 is 18.7 Å². The van der Waals surface area contributed by atoms with E-state index in [4.69, 9.17) is 13.9 Å². The molecule has 6 heteroatoms. The molecule has 0 saturated carbocycles. The number of amides is 1. The Bertz CT molecular complexity index is 719. The lowest BCUT2D eigenvalue weighted by Gasteiger charge is -2.34. The molecule has 0 radical (unpaired) electrons. The first kappa shape index (κ1) is 17.8. The average molecular weight is 346 g/mol. The molecule has 0 aliphatic carbocycles. The maximum absolute atomic E-state index is 13.2. The van der Waals surface area contributed by atoms with E-state index in [1.165, 1.54) is 0 Å². The van der Waals surface area contributed by atoms with Crippen molar-refractivity contribution in [3.63, 3.8) is 0 Å². The molecule has 0 atom stereocenters. The molecule has 0 N–H and O–H groups in total. The zero-order valence-corrected chi connectivity index (χ0v) is 15.2. The van der Waals surface area contributed by atoms with Crippen LogP contribution in [0.5, 0.6) is 5.75 Å². The van der Waals surface area contributed by atoms with Crippen molar-refractivity contribution >= 4 is 16.9 Å². The van der Waals surface area contributed by atoms with E-state index in [0.717, 1.165) is 24.8 Å². The number of rotatable bonds is 6. The van der Waals surface area contributed by atoms with Crippen molar-refractivity contribution in [2.45, 2.75) is 18.9 Å². The smallest absolute Gasteiger partial charge is 0.289 e. The first-order chi connectivity index (χ1) is 12.1. The molecule has 25 heavy (non-hydrogen) atoms. The van der Waals surface area contributed by atoms with Gasteiger partial charge in [0, 0.05) is 37.7 Å². The third-order valence-corrected chi connectivity index (χ3v) is 4.62. The lowest BCUT2D eigenvalue weighted by molar-refractivity contribution is 0.0259. The second kappa shape index (κ2) is 7.89. The summed E-state index contributed by atoms with van der Waals surface area (Å²) in [5, 5.41) is 0.877. The number of ether oxygens (including phenoxy) is 2. The summed E-state index contributed by atoms with van der Waals surface area (Å²) in [6, 6.07) is 7.66. The Hall–Kier alpha value is -2.05. The highest BCUT2D eigenvalue weighted by molar-refractivity contribution is 5.97. The van der Waals surface area contributed by atoms with Crippen LogP contribution in [0.15, 0.2) is 28.7 Å². The Morgan fingerprint density at radius 3 is 2.68 bits per heavy atom. The van der Waals surface area contributed by atoms with E-state index in [0.29, 0.717) is 36.9 Å². The quantitative estimate of drug-likeness (QED) is 0.805. The molecule has 1 aliphatic heterocycles. The molecule has 136 valence electrons. The van der Waals surface area contributed by atoms with Gasteiger partial charge in [0.15, 0.2) is 17.1 Å². The fraction of sp³-hybridized carbons (Fsp3) is 0.526. The number of nitrogens with zero attached hydrogens (tertiary/aromatic N) is 2. The van der Waals surface area contributed by atoms with Crippen molar-refractivity contribution in [1.29, 1.82) is 0 Å². The number of methoxy groups -OCH3 is 1. The fourth-order valence-electron chi connectivity index (χ4n) is 3.20. The van der Waals surface area contributed by atoms with Gasteiger partial charge < -0.3 is 23.7 Å². The lowest BCUT2D eigenvalue weighted by Crippen LogP contribution is -2.46. The summed E-state index contributed by atoms with van der Waals surface area (Å²) in [4.78, 5) is 17.2. The van der Waals surface area contributed by atoms with E-state index < -0.39 is 0 Å². The van der Waals surface area contributed by atoms with Crippen molar-refractivity contribution in [3.05, 3.63) is 30.0 Å². The predicted molar refractivity (Wildman–Crippen MR) is 96.2 cm³/mol. The maximum Gasteiger partial charge on any atom is 0.289 e. The Kier molecular flexibility index (Phi) is 5.60. The number of likely N-dealkylation sites (N-methyl/N-ethyl adjacent to an activating group) is 1. The summed E-state index contributed by atoms with van der Waals surface area (Å²) in [5.74, 6) is 0.944. The number of hydrogen-bond donors (Lipinski definition) is 0. The average Bonchev–Trinajstić information content (AvgIpc) is 3.06. The van der Waals surface area contributed by atoms with Gasteiger partial charge in [-0.1, -0.05) is 12.1 Å². The van der Waals surface area contributed by atoms with Crippen LogP contribution in [0.25, 0.3) is 11.0 Å². The minimum Gasteiger partial charge on any atom is -0.493 e. The number of furan rings is 1. The van der Waals surface area contributed by atoms with Gasteiger partial charge in [-0.15, -0.1) is 0 Å². The van der Waals surface area contributed by atoms with Gasteiger partial charge in [0.05, 0.1) is 7.11 Å². The number of fused-ring (bicyclic) bond motifs is 1. The van der Waals surface area contributed by atoms with Crippen LogP contribution in [0.3, 0.4) is 0 Å². The summed E-state index contributed by atoms with van der Waals surface area (Å²) < 4.78 is 16.7. The third kappa shape index (κ3) is 3.96. The summed E-state index contributed by atoms with van der Waals surface area (Å²) in [7, 11) is 5.63. The molecule has 2 heterocycles. The highest BCUT2D eigenvalue weighted by Crippen LogP contribution is 2.29. The topological polar surface area (TPSA) is 55.2 Å². The van der Waals surface area contributed by atoms with Crippen LogP contribution in [0, 0.1) is 0 Å². The second-order valence-corrected chi connectivity index (χ2v) is 6.63. The van der Waals surface area contributed by atoms with Gasteiger partial charge in [-0.3, -0.25) is 4.79 Å². The maximum atomic E-state index is 13.2. The Morgan fingerprint density at radius 1 is 1.24 bits per heavy atom. The molecule has 3 rings (SSSR count). The van der Waals surface area contributed by atoms with E-state index in [1.807, 2.05) is 43.3 Å². The van der Waals surface area contributed by atoms with Gasteiger partial charge in [-0.05, 0) is 39.1 Å². The molecule has 2 aromatic rings. The van der Waals surface area contributed by atoms with Crippen LogP contribution in [0.1, 0.15) is 23.4 Å². The van der Waals surface area contributed by atoms with Crippen molar-refractivity contribution in [3.8, 4) is 5.75 Å². The van der Waals surface area contributed by atoms with E-state index >= 15 is 0 Å². The van der Waals surface area contributed by atoms with Gasteiger partial charge in [0.1, 0.15) is 0 Å². The Morgan fingerprint density at radius 2 is 2.00 bits per heavy atom. The first-order valence-corrected chi connectivity index (χ1v) is 8.70. The molecule has 1 aromatic heterocycles. The Labute approximate surface area is 148 Å². The van der Waals surface area contributed by atoms with Crippen LogP contribution < -0.4 is 4.74 Å². The second-order valence-electron chi connectivity index (χ2n) is 6.63. The molecule has 1 fully saturated rings. The van der Waals surface area contributed by atoms with Crippen LogP contribution in [0.4, 0.5) is 0 Å². The first-order valence-electron chi connectivity index (χ1n) is 8.70. The largest absolute Gasteiger partial charge is 0.493 e. The standard InChI is InChI=1S/C19H26N2O4/c1-20(2)9-10-21(15-7-11-24-12-8-15)19(22)17-13-14-5-4-6-16(23-3)18(14)25-17/h4-6,13,15H,7-12H2,1-3H3. The molecule has 0 unspecified atom stereocenters. The van der Waals surface area contributed by atoms with Crippen LogP contribution in [-0.4, -0.2) is 69.3 Å². The van der Waals surface area contributed by atoms with Crippen molar-refractivity contribution in [2.75, 3.05) is 47.5 Å². The molecule has 1 saturated heterocycles. The van der Waals surface area contributed by atoms with Gasteiger partial charge in [0.2, 0.25) is 0 Å². The van der Waals surface area contributed by atoms with Crippen LogP contribution in [0.2, 0.25) is 0 Å². The molecular formula is C19H26N2O4. The van der Waals surface area contributed by atoms with Gasteiger partial charge in [0.25, 0.3) is 5.91 Å². The number of carbonyl (C=O) groups excluding carboxylic acids is 1. The fourth-order valence-corrected chi connectivity index (χ4v) is 3.20. The molecular weight excluding hydrogens is 320 g/mol. The summed E-state index contributed by atoms with van der Waals surface area (Å²) in [6.45, 7) is 2.88. The monoisotopic (exact) mass is 346 g/mol. The zero-order valence-electron chi connectivity index (χ0n) is 15.2. The third-order valence-electron chi connectivity index (χ3n) is 4.62. The summed E-state index contributed by atoms with van der Waals surface area (Å²) in [5.41, 5.74) is 0.618. The molecule has 1 aromatic carbocycles. The van der Waals surface area contributed by atoms with E-state index in [9.17, 15) is 4.79 Å². The Balaban J connectivity index is 1.87. The minimum absolute atomic E-state index is 0.0630. The van der Waals surface area contributed by atoms with Crippen molar-refractivity contribution in [2.24, 2.45) is 0 Å². The highest BCUT2D eigenvalue weighted by Gasteiger charge is 2.28. The van der Waals surface area contributed by atoms with Gasteiger partial charge in [-0.25, -0.2) is 0 Å². The molecule has 6 nitrogen and oxygen atoms in total. The van der Waals surface area contributed by atoms with Crippen LogP contribution >= 0.6 is 0 Å².